The van der Waals surface area contributed by atoms with E-state index < -0.39 is 0 Å². The number of hydrogen-bond acceptors (Lipinski definition) is 0. The molecule has 1 heteroatoms. The Hall–Kier alpha value is 0.623. The molecule has 1 aliphatic rings. The maximum atomic E-state index is 1.50. The molecule has 1 fully saturated rings. The molecule has 0 aliphatic heterocycles. The molecule has 0 aromatic heterocycles. The van der Waals surface area contributed by atoms with Gasteiger partial charge in [0.1, 0.15) is 0 Å². The van der Waals surface area contributed by atoms with E-state index in [4.69, 9.17) is 0 Å². The molecule has 0 nitrogen and oxygen atoms in total. The van der Waals surface area contributed by atoms with Crippen molar-refractivity contribution in [3.8, 4) is 0 Å². The summed E-state index contributed by atoms with van der Waals surface area (Å²) < 4.78 is 0. The molecular weight excluding hydrogens is 113 g/mol. The van der Waals surface area contributed by atoms with E-state index in [9.17, 15) is 0 Å². The Morgan fingerprint density at radius 2 is 0.800 bits per heavy atom. The zero-order chi connectivity index (χ0) is 2.83. The molecule has 0 heterocycles. The molecule has 0 bridgehead atoms. The van der Waals surface area contributed by atoms with Gasteiger partial charge in [0.15, 0.2) is 0 Å². The van der Waals surface area contributed by atoms with Gasteiger partial charge in [0.25, 0.3) is 0 Å². The quantitative estimate of drug-likeness (QED) is 0.427. The van der Waals surface area contributed by atoms with Crippen LogP contribution < -0.4 is 0 Å². The molecule has 26 valence electrons. The minimum atomic E-state index is 0. The molecule has 0 saturated heterocycles. The third kappa shape index (κ3) is 1.49. The van der Waals surface area contributed by atoms with Gasteiger partial charge in [-0.15, -0.1) is 0 Å². The van der Waals surface area contributed by atoms with Crippen molar-refractivity contribution >= 4 is 0 Å². The van der Waals surface area contributed by atoms with E-state index in [0.29, 0.717) is 0 Å². The predicted molar refractivity (Wildman–Crippen MR) is 18.5 cm³/mol. The van der Waals surface area contributed by atoms with Crippen molar-refractivity contribution in [3.05, 3.63) is 0 Å². The molecule has 0 N–H and O–H groups in total. The van der Waals surface area contributed by atoms with Gasteiger partial charge >= 0.3 is 0 Å². The first-order valence-electron chi connectivity index (χ1n) is 2.00. The first-order chi connectivity index (χ1) is 2.00. The SMILES string of the molecule is C1CCC1.[Zn]. The zero-order valence-electron chi connectivity index (χ0n) is 3.54. The van der Waals surface area contributed by atoms with Gasteiger partial charge in [0.2, 0.25) is 0 Å². The van der Waals surface area contributed by atoms with E-state index in [1.54, 1.807) is 0 Å². The smallest absolute Gasteiger partial charge is 0 e. The normalized spacial score (nSPS) is 19.2. The van der Waals surface area contributed by atoms with Crippen molar-refractivity contribution < 1.29 is 19.5 Å². The van der Waals surface area contributed by atoms with Crippen molar-refractivity contribution in [2.45, 2.75) is 25.7 Å². The molecule has 0 atom stereocenters. The Morgan fingerprint density at radius 3 is 0.800 bits per heavy atom. The van der Waals surface area contributed by atoms with Gasteiger partial charge in [0.05, 0.1) is 0 Å². The van der Waals surface area contributed by atoms with Crippen LogP contribution in [0.3, 0.4) is 0 Å². The van der Waals surface area contributed by atoms with Crippen LogP contribution in [0.5, 0.6) is 0 Å². The molecule has 0 amide bonds. The first kappa shape index (κ1) is 5.62. The number of rotatable bonds is 0. The Kier molecular flexibility index (Phi) is 3.19. The van der Waals surface area contributed by atoms with Crippen LogP contribution in [0, 0.1) is 0 Å². The standard InChI is InChI=1S/C4H8.Zn/c1-2-4-3-1;/h1-4H2;. The fourth-order valence-corrected chi connectivity index (χ4v) is 0.250. The first-order valence-corrected chi connectivity index (χ1v) is 2.00. The summed E-state index contributed by atoms with van der Waals surface area (Å²) in [4.78, 5) is 0. The van der Waals surface area contributed by atoms with E-state index in [1.165, 1.54) is 25.7 Å². The topological polar surface area (TPSA) is 0 Å². The second-order valence-corrected chi connectivity index (χ2v) is 1.41. The summed E-state index contributed by atoms with van der Waals surface area (Å²) in [6, 6.07) is 0. The molecule has 0 unspecified atom stereocenters. The van der Waals surface area contributed by atoms with Gasteiger partial charge in [-0.1, -0.05) is 25.7 Å². The maximum Gasteiger partial charge on any atom is 0 e. The van der Waals surface area contributed by atoms with Gasteiger partial charge in [-0.05, 0) is 0 Å². The summed E-state index contributed by atoms with van der Waals surface area (Å²) in [5, 5.41) is 0. The van der Waals surface area contributed by atoms with Gasteiger partial charge in [-0.3, -0.25) is 0 Å². The summed E-state index contributed by atoms with van der Waals surface area (Å²) in [5.41, 5.74) is 0. The maximum absolute atomic E-state index is 1.50. The Bertz CT molecular complexity index is 11.6. The molecule has 0 radical (unpaired) electrons. The Labute approximate surface area is 45.7 Å². The van der Waals surface area contributed by atoms with Crippen LogP contribution in [-0.4, -0.2) is 0 Å². The molecule has 1 saturated carbocycles. The summed E-state index contributed by atoms with van der Waals surface area (Å²) in [5.74, 6) is 0. The van der Waals surface area contributed by atoms with Crippen molar-refractivity contribution in [3.63, 3.8) is 0 Å². The zero-order valence-corrected chi connectivity index (χ0v) is 6.50. The number of hydrogen-bond donors (Lipinski definition) is 0. The Balaban J connectivity index is 0.000000160. The van der Waals surface area contributed by atoms with Crippen LogP contribution in [-0.2, 0) is 19.5 Å². The Morgan fingerprint density at radius 1 is 0.600 bits per heavy atom. The fourth-order valence-electron chi connectivity index (χ4n) is 0.250. The second kappa shape index (κ2) is 2.84. The molecule has 0 aromatic rings. The largest absolute Gasteiger partial charge is 0.0533 e. The van der Waals surface area contributed by atoms with Crippen LogP contribution in [0.4, 0.5) is 0 Å². The minimum Gasteiger partial charge on any atom is -0.0533 e. The summed E-state index contributed by atoms with van der Waals surface area (Å²) in [6.07, 6.45) is 6.00. The van der Waals surface area contributed by atoms with Crippen LogP contribution >= 0.6 is 0 Å². The van der Waals surface area contributed by atoms with Crippen molar-refractivity contribution in [1.29, 1.82) is 0 Å². The summed E-state index contributed by atoms with van der Waals surface area (Å²) >= 11 is 0. The van der Waals surface area contributed by atoms with Crippen molar-refractivity contribution in [2.75, 3.05) is 0 Å². The molecule has 0 aromatic carbocycles. The van der Waals surface area contributed by atoms with Crippen LogP contribution in [0.2, 0.25) is 0 Å². The summed E-state index contributed by atoms with van der Waals surface area (Å²) in [6.45, 7) is 0. The van der Waals surface area contributed by atoms with E-state index >= 15 is 0 Å². The van der Waals surface area contributed by atoms with Crippen LogP contribution in [0.25, 0.3) is 0 Å². The van der Waals surface area contributed by atoms with E-state index in [0.717, 1.165) is 0 Å². The van der Waals surface area contributed by atoms with Crippen molar-refractivity contribution in [1.82, 2.24) is 0 Å². The van der Waals surface area contributed by atoms with Gasteiger partial charge in [0, 0.05) is 19.5 Å². The molecule has 5 heavy (non-hydrogen) atoms. The van der Waals surface area contributed by atoms with Crippen molar-refractivity contribution in [2.24, 2.45) is 0 Å². The van der Waals surface area contributed by atoms with Gasteiger partial charge in [-0.2, -0.15) is 0 Å². The van der Waals surface area contributed by atoms with E-state index in [2.05, 4.69) is 0 Å². The summed E-state index contributed by atoms with van der Waals surface area (Å²) in [7, 11) is 0. The average Bonchev–Trinajstić information content (AvgIpc) is 0.722. The monoisotopic (exact) mass is 120 g/mol. The minimum absolute atomic E-state index is 0. The van der Waals surface area contributed by atoms with E-state index in [1.807, 2.05) is 0 Å². The predicted octanol–water partition coefficient (Wildman–Crippen LogP) is 1.56. The third-order valence-electron chi connectivity index (χ3n) is 1.000. The van der Waals surface area contributed by atoms with Gasteiger partial charge in [-0.25, -0.2) is 0 Å². The average molecular weight is 121 g/mol. The van der Waals surface area contributed by atoms with E-state index in [-0.39, 0.29) is 19.5 Å². The molecule has 1 rings (SSSR count). The second-order valence-electron chi connectivity index (χ2n) is 1.41. The molecule has 0 spiro atoms. The molecular formula is C4H8Zn. The van der Waals surface area contributed by atoms with Crippen LogP contribution in [0.15, 0.2) is 0 Å². The molecule has 1 aliphatic carbocycles. The van der Waals surface area contributed by atoms with Gasteiger partial charge < -0.3 is 0 Å². The van der Waals surface area contributed by atoms with Crippen LogP contribution in [0.1, 0.15) is 25.7 Å². The third-order valence-corrected chi connectivity index (χ3v) is 1.000. The fraction of sp³-hybridized carbons (Fsp3) is 1.00.